The van der Waals surface area contributed by atoms with Gasteiger partial charge in [0.05, 0.1) is 5.69 Å². The first-order chi connectivity index (χ1) is 16.4. The van der Waals surface area contributed by atoms with E-state index in [1.54, 1.807) is 12.4 Å². The zero-order chi connectivity index (χ0) is 25.0. The van der Waals surface area contributed by atoms with Gasteiger partial charge in [-0.2, -0.15) is 10.2 Å². The van der Waals surface area contributed by atoms with Crippen molar-refractivity contribution in [3.63, 3.8) is 0 Å². The van der Waals surface area contributed by atoms with E-state index < -0.39 is 0 Å². The van der Waals surface area contributed by atoms with Crippen LogP contribution in [0.25, 0.3) is 0 Å². The van der Waals surface area contributed by atoms with Crippen molar-refractivity contribution in [2.24, 2.45) is 23.2 Å². The molecule has 0 saturated heterocycles. The van der Waals surface area contributed by atoms with Gasteiger partial charge < -0.3 is 5.32 Å². The van der Waals surface area contributed by atoms with Gasteiger partial charge >= 0.3 is 0 Å². The molecule has 1 aliphatic rings. The molecule has 2 rings (SSSR count). The van der Waals surface area contributed by atoms with Gasteiger partial charge in [-0.25, -0.2) is 0 Å². The molecule has 182 valence electrons. The SMILES string of the molecule is C=CNCCC(CC)(CCCc1cccnn1)CC(=C)C(C=C)C1C(C)=CC(C#CC)=CC1C. The number of nitrogens with one attached hydrogen (secondary N) is 1. The third kappa shape index (κ3) is 7.59. The molecule has 1 heterocycles. The largest absolute Gasteiger partial charge is 0.391 e. The monoisotopic (exact) mass is 457 g/mol. The van der Waals surface area contributed by atoms with Crippen LogP contribution in [-0.4, -0.2) is 16.7 Å². The van der Waals surface area contributed by atoms with Crippen LogP contribution in [-0.2, 0) is 6.42 Å². The van der Waals surface area contributed by atoms with E-state index in [4.69, 9.17) is 0 Å². The molecule has 0 saturated carbocycles. The van der Waals surface area contributed by atoms with Gasteiger partial charge in [0.15, 0.2) is 0 Å². The highest BCUT2D eigenvalue weighted by molar-refractivity contribution is 5.44. The Kier molecular flexibility index (Phi) is 11.1. The highest BCUT2D eigenvalue weighted by Gasteiger charge is 2.34. The van der Waals surface area contributed by atoms with E-state index in [0.717, 1.165) is 56.3 Å². The predicted octanol–water partition coefficient (Wildman–Crippen LogP) is 7.23. The minimum absolute atomic E-state index is 0.181. The molecule has 3 nitrogen and oxygen atoms in total. The van der Waals surface area contributed by atoms with Crippen molar-refractivity contribution in [2.75, 3.05) is 6.54 Å². The molecule has 4 unspecified atom stereocenters. The zero-order valence-electron chi connectivity index (χ0n) is 21.7. The summed E-state index contributed by atoms with van der Waals surface area (Å²) in [7, 11) is 0. The number of rotatable bonds is 14. The molecular formula is C31H43N3. The lowest BCUT2D eigenvalue weighted by Crippen LogP contribution is -2.30. The van der Waals surface area contributed by atoms with Gasteiger partial charge in [-0.3, -0.25) is 0 Å². The topological polar surface area (TPSA) is 37.8 Å². The Balaban J connectivity index is 2.19. The van der Waals surface area contributed by atoms with Gasteiger partial charge in [-0.15, -0.1) is 12.5 Å². The van der Waals surface area contributed by atoms with E-state index in [9.17, 15) is 0 Å². The average Bonchev–Trinajstić information content (AvgIpc) is 2.82. The van der Waals surface area contributed by atoms with Crippen LogP contribution in [0.3, 0.4) is 0 Å². The maximum absolute atomic E-state index is 4.64. The molecular weight excluding hydrogens is 414 g/mol. The van der Waals surface area contributed by atoms with Crippen LogP contribution < -0.4 is 5.32 Å². The van der Waals surface area contributed by atoms with Gasteiger partial charge in [0.25, 0.3) is 0 Å². The van der Waals surface area contributed by atoms with E-state index in [1.807, 2.05) is 13.0 Å². The quantitative estimate of drug-likeness (QED) is 0.182. The number of hydrogen-bond acceptors (Lipinski definition) is 3. The van der Waals surface area contributed by atoms with Gasteiger partial charge in [-0.1, -0.05) is 62.6 Å². The highest BCUT2D eigenvalue weighted by atomic mass is 15.1. The first-order valence-corrected chi connectivity index (χ1v) is 12.6. The molecule has 0 aromatic carbocycles. The van der Waals surface area contributed by atoms with Crippen molar-refractivity contribution >= 4 is 0 Å². The van der Waals surface area contributed by atoms with Crippen LogP contribution in [0.15, 0.2) is 79.2 Å². The Morgan fingerprint density at radius 2 is 2.12 bits per heavy atom. The van der Waals surface area contributed by atoms with Crippen molar-refractivity contribution in [3.05, 3.63) is 84.9 Å². The van der Waals surface area contributed by atoms with Crippen LogP contribution in [0.2, 0.25) is 0 Å². The summed E-state index contributed by atoms with van der Waals surface area (Å²) in [4.78, 5) is 0. The van der Waals surface area contributed by atoms with Crippen molar-refractivity contribution in [3.8, 4) is 11.8 Å². The minimum Gasteiger partial charge on any atom is -0.391 e. The van der Waals surface area contributed by atoms with Crippen molar-refractivity contribution < 1.29 is 0 Å². The Labute approximate surface area is 208 Å². The second-order valence-electron chi connectivity index (χ2n) is 9.70. The third-order valence-electron chi connectivity index (χ3n) is 7.36. The lowest BCUT2D eigenvalue weighted by molar-refractivity contribution is 0.211. The molecule has 34 heavy (non-hydrogen) atoms. The van der Waals surface area contributed by atoms with Crippen molar-refractivity contribution in [2.45, 2.75) is 66.2 Å². The van der Waals surface area contributed by atoms with E-state index in [-0.39, 0.29) is 11.3 Å². The number of nitrogens with zero attached hydrogens (tertiary/aromatic N) is 2. The summed E-state index contributed by atoms with van der Waals surface area (Å²) in [5, 5.41) is 11.6. The van der Waals surface area contributed by atoms with Crippen LogP contribution in [0.1, 0.15) is 65.5 Å². The van der Waals surface area contributed by atoms with E-state index in [1.165, 1.54) is 11.1 Å². The van der Waals surface area contributed by atoms with Crippen LogP contribution >= 0.6 is 0 Å². The Hall–Kier alpha value is -2.86. The fourth-order valence-corrected chi connectivity index (χ4v) is 5.52. The Bertz CT molecular complexity index is 944. The molecule has 1 aromatic heterocycles. The first kappa shape index (κ1) is 27.4. The minimum atomic E-state index is 0.181. The third-order valence-corrected chi connectivity index (χ3v) is 7.36. The number of allylic oxidation sites excluding steroid dienone is 6. The highest BCUT2D eigenvalue weighted by Crippen LogP contribution is 2.45. The summed E-state index contributed by atoms with van der Waals surface area (Å²) in [5.41, 5.74) is 5.03. The molecule has 1 N–H and O–H groups in total. The number of hydrogen-bond donors (Lipinski definition) is 1. The van der Waals surface area contributed by atoms with Crippen molar-refractivity contribution in [1.29, 1.82) is 0 Å². The van der Waals surface area contributed by atoms with E-state index >= 15 is 0 Å². The van der Waals surface area contributed by atoms with Crippen molar-refractivity contribution in [1.82, 2.24) is 15.5 Å². The Morgan fingerprint density at radius 3 is 2.71 bits per heavy atom. The molecule has 0 radical (unpaired) electrons. The standard InChI is InChI=1S/C31H43N3/c1-8-14-27-21-24(5)30(25(6)22-27)29(9-2)26(7)23-31(10-3,18-20-32-11-4)17-12-15-28-16-13-19-33-34-28/h9,11,13,16,19,21-22,24,29-30,32H,2,4,7,10,12,15,17-18,20,23H2,1,3,5-6H3. The van der Waals surface area contributed by atoms with E-state index in [2.05, 4.69) is 92.2 Å². The molecule has 1 aromatic rings. The second kappa shape index (κ2) is 13.8. The summed E-state index contributed by atoms with van der Waals surface area (Å²) < 4.78 is 0. The number of aryl methyl sites for hydroxylation is 1. The molecule has 0 aliphatic heterocycles. The molecule has 4 atom stereocenters. The van der Waals surface area contributed by atoms with Crippen LogP contribution in [0.4, 0.5) is 0 Å². The number of aromatic nitrogens is 2. The summed E-state index contributed by atoms with van der Waals surface area (Å²) in [5.74, 6) is 7.29. The summed E-state index contributed by atoms with van der Waals surface area (Å²) >= 11 is 0. The molecule has 0 bridgehead atoms. The van der Waals surface area contributed by atoms with Gasteiger partial charge in [0.1, 0.15) is 0 Å². The Morgan fingerprint density at radius 1 is 1.32 bits per heavy atom. The van der Waals surface area contributed by atoms with Crippen LogP contribution in [0, 0.1) is 35.0 Å². The lowest BCUT2D eigenvalue weighted by atomic mass is 9.66. The summed E-state index contributed by atoms with van der Waals surface area (Å²) in [6.45, 7) is 22.4. The summed E-state index contributed by atoms with van der Waals surface area (Å²) in [6.07, 6.45) is 16.6. The maximum Gasteiger partial charge on any atom is 0.0631 e. The van der Waals surface area contributed by atoms with Gasteiger partial charge in [0, 0.05) is 24.2 Å². The average molecular weight is 458 g/mol. The maximum atomic E-state index is 4.64. The zero-order valence-corrected chi connectivity index (χ0v) is 21.7. The van der Waals surface area contributed by atoms with E-state index in [0.29, 0.717) is 11.8 Å². The first-order valence-electron chi connectivity index (χ1n) is 12.6. The molecule has 0 spiro atoms. The summed E-state index contributed by atoms with van der Waals surface area (Å²) in [6, 6.07) is 4.03. The lowest BCUT2D eigenvalue weighted by Gasteiger charge is -2.39. The second-order valence-corrected chi connectivity index (χ2v) is 9.70. The molecule has 1 aliphatic carbocycles. The fourth-order valence-electron chi connectivity index (χ4n) is 5.52. The van der Waals surface area contributed by atoms with Crippen LogP contribution in [0.5, 0.6) is 0 Å². The molecule has 3 heteroatoms. The smallest absolute Gasteiger partial charge is 0.0631 e. The predicted molar refractivity (Wildman–Crippen MR) is 146 cm³/mol. The van der Waals surface area contributed by atoms with Gasteiger partial charge in [0.2, 0.25) is 0 Å². The van der Waals surface area contributed by atoms with Gasteiger partial charge in [-0.05, 0) is 87.6 Å². The fraction of sp³-hybridized carbons (Fsp3) is 0.484. The molecule has 0 fully saturated rings. The molecule has 0 amide bonds. The normalized spacial score (nSPS) is 20.0.